The van der Waals surface area contributed by atoms with Crippen LogP contribution in [0.25, 0.3) is 0 Å². The van der Waals surface area contributed by atoms with Crippen LogP contribution in [0.3, 0.4) is 0 Å². The molecule has 12 heavy (non-hydrogen) atoms. The standard InChI is InChI=1S/C6H13NOS2.C2H6/c1-8-7-6(4-9-2)5-10-3;1-2/h4-5H2,1-3H3;1-2H3. The summed E-state index contributed by atoms with van der Waals surface area (Å²) < 4.78 is 0. The number of thioether (sulfide) groups is 2. The minimum atomic E-state index is 0.967. The van der Waals surface area contributed by atoms with Gasteiger partial charge in [-0.1, -0.05) is 19.0 Å². The minimum absolute atomic E-state index is 0.967. The maximum atomic E-state index is 4.67. The molecule has 0 saturated carbocycles. The molecule has 0 amide bonds. The van der Waals surface area contributed by atoms with E-state index in [1.807, 2.05) is 13.8 Å². The van der Waals surface area contributed by atoms with Crippen molar-refractivity contribution in [3.8, 4) is 0 Å². The molecule has 0 aliphatic heterocycles. The van der Waals surface area contributed by atoms with Crippen molar-refractivity contribution in [3.63, 3.8) is 0 Å². The Morgan fingerprint density at radius 3 is 1.83 bits per heavy atom. The lowest BCUT2D eigenvalue weighted by Crippen LogP contribution is -2.05. The summed E-state index contributed by atoms with van der Waals surface area (Å²) in [5.41, 5.74) is 1.11. The maximum absolute atomic E-state index is 4.67. The SMILES string of the molecule is CC.CON=C(CSC)CSC. The fourth-order valence-corrected chi connectivity index (χ4v) is 1.66. The van der Waals surface area contributed by atoms with Gasteiger partial charge in [0.25, 0.3) is 0 Å². The summed E-state index contributed by atoms with van der Waals surface area (Å²) in [6, 6.07) is 0. The Hall–Kier alpha value is 0.170. The van der Waals surface area contributed by atoms with Crippen LogP contribution in [0.5, 0.6) is 0 Å². The van der Waals surface area contributed by atoms with Gasteiger partial charge in [0.1, 0.15) is 7.11 Å². The second kappa shape index (κ2) is 13.7. The van der Waals surface area contributed by atoms with Crippen molar-refractivity contribution in [1.29, 1.82) is 0 Å². The van der Waals surface area contributed by atoms with Gasteiger partial charge in [-0.25, -0.2) is 0 Å². The Kier molecular flexibility index (Phi) is 16.8. The van der Waals surface area contributed by atoms with Gasteiger partial charge >= 0.3 is 0 Å². The van der Waals surface area contributed by atoms with E-state index in [-0.39, 0.29) is 0 Å². The molecule has 0 atom stereocenters. The average molecular weight is 209 g/mol. The summed E-state index contributed by atoms with van der Waals surface area (Å²) in [5, 5.41) is 3.88. The second-order valence-electron chi connectivity index (χ2n) is 1.71. The minimum Gasteiger partial charge on any atom is -0.399 e. The molecular weight excluding hydrogens is 190 g/mol. The van der Waals surface area contributed by atoms with Crippen molar-refractivity contribution >= 4 is 29.2 Å². The first-order valence-corrected chi connectivity index (χ1v) is 6.70. The van der Waals surface area contributed by atoms with Crippen molar-refractivity contribution < 1.29 is 4.84 Å². The monoisotopic (exact) mass is 209 g/mol. The molecule has 0 spiro atoms. The summed E-state index contributed by atoms with van der Waals surface area (Å²) in [7, 11) is 1.58. The molecule has 74 valence electrons. The van der Waals surface area contributed by atoms with E-state index in [2.05, 4.69) is 22.5 Å². The topological polar surface area (TPSA) is 21.6 Å². The van der Waals surface area contributed by atoms with Crippen LogP contribution in [0, 0.1) is 0 Å². The molecule has 0 rings (SSSR count). The summed E-state index contributed by atoms with van der Waals surface area (Å²) in [6.07, 6.45) is 4.12. The number of oxime groups is 1. The Balaban J connectivity index is 0. The van der Waals surface area contributed by atoms with E-state index in [4.69, 9.17) is 0 Å². The third-order valence-corrected chi connectivity index (χ3v) is 2.09. The van der Waals surface area contributed by atoms with Crippen LogP contribution in [-0.4, -0.2) is 36.8 Å². The van der Waals surface area contributed by atoms with Gasteiger partial charge in [-0.2, -0.15) is 23.5 Å². The molecule has 0 heterocycles. The summed E-state index contributed by atoms with van der Waals surface area (Å²) in [6.45, 7) is 4.00. The van der Waals surface area contributed by atoms with E-state index in [0.717, 1.165) is 17.2 Å². The van der Waals surface area contributed by atoms with Crippen molar-refractivity contribution in [2.45, 2.75) is 13.8 Å². The zero-order chi connectivity index (χ0) is 9.82. The second-order valence-corrected chi connectivity index (χ2v) is 3.44. The van der Waals surface area contributed by atoms with Crippen LogP contribution >= 0.6 is 23.5 Å². The van der Waals surface area contributed by atoms with Crippen LogP contribution in [0.4, 0.5) is 0 Å². The number of hydrogen-bond acceptors (Lipinski definition) is 4. The highest BCUT2D eigenvalue weighted by atomic mass is 32.2. The third-order valence-electron chi connectivity index (χ3n) is 0.842. The molecular formula is C8H19NOS2. The Morgan fingerprint density at radius 2 is 1.58 bits per heavy atom. The van der Waals surface area contributed by atoms with Crippen LogP contribution in [-0.2, 0) is 4.84 Å². The lowest BCUT2D eigenvalue weighted by Gasteiger charge is -1.99. The molecule has 0 aromatic rings. The highest BCUT2D eigenvalue weighted by Gasteiger charge is 1.96. The van der Waals surface area contributed by atoms with Gasteiger partial charge in [-0.3, -0.25) is 0 Å². The molecule has 0 bridgehead atoms. The Labute approximate surface area is 84.5 Å². The van der Waals surface area contributed by atoms with Crippen molar-refractivity contribution in [2.75, 3.05) is 31.1 Å². The van der Waals surface area contributed by atoms with Gasteiger partial charge in [0.2, 0.25) is 0 Å². The van der Waals surface area contributed by atoms with Crippen molar-refractivity contribution in [3.05, 3.63) is 0 Å². The highest BCUT2D eigenvalue weighted by Crippen LogP contribution is 2.00. The molecule has 0 unspecified atom stereocenters. The van der Waals surface area contributed by atoms with Crippen LogP contribution < -0.4 is 0 Å². The normalized spacial score (nSPS) is 8.08. The largest absolute Gasteiger partial charge is 0.399 e. The first-order valence-electron chi connectivity index (χ1n) is 3.92. The first-order chi connectivity index (χ1) is 5.85. The molecule has 0 saturated heterocycles. The van der Waals surface area contributed by atoms with Gasteiger partial charge < -0.3 is 4.84 Å². The zero-order valence-electron chi connectivity index (χ0n) is 8.59. The first kappa shape index (κ1) is 14.7. The molecule has 4 heteroatoms. The fraction of sp³-hybridized carbons (Fsp3) is 0.875. The van der Waals surface area contributed by atoms with Gasteiger partial charge in [-0.15, -0.1) is 0 Å². The molecule has 0 aromatic carbocycles. The predicted molar refractivity (Wildman–Crippen MR) is 62.6 cm³/mol. The van der Waals surface area contributed by atoms with E-state index in [0.29, 0.717) is 0 Å². The van der Waals surface area contributed by atoms with E-state index in [1.54, 1.807) is 30.6 Å². The van der Waals surface area contributed by atoms with Crippen LogP contribution in [0.15, 0.2) is 5.16 Å². The number of hydrogen-bond donors (Lipinski definition) is 0. The molecule has 0 aliphatic carbocycles. The summed E-state index contributed by atoms with van der Waals surface area (Å²) >= 11 is 3.53. The smallest absolute Gasteiger partial charge is 0.106 e. The predicted octanol–water partition coefficient (Wildman–Crippen LogP) is 2.74. The van der Waals surface area contributed by atoms with E-state index in [1.165, 1.54) is 0 Å². The van der Waals surface area contributed by atoms with Gasteiger partial charge in [-0.05, 0) is 12.5 Å². The zero-order valence-corrected chi connectivity index (χ0v) is 10.2. The Bertz CT molecular complexity index is 99.2. The van der Waals surface area contributed by atoms with E-state index >= 15 is 0 Å². The van der Waals surface area contributed by atoms with Crippen LogP contribution in [0.1, 0.15) is 13.8 Å². The van der Waals surface area contributed by atoms with Crippen LogP contribution in [0.2, 0.25) is 0 Å². The molecule has 0 N–H and O–H groups in total. The molecule has 0 aromatic heterocycles. The average Bonchev–Trinajstić information content (AvgIpc) is 2.10. The fourth-order valence-electron chi connectivity index (χ4n) is 0.557. The van der Waals surface area contributed by atoms with Gasteiger partial charge in [0.05, 0.1) is 5.71 Å². The molecule has 0 aliphatic rings. The highest BCUT2D eigenvalue weighted by molar-refractivity contribution is 8.00. The van der Waals surface area contributed by atoms with Crippen molar-refractivity contribution in [2.24, 2.45) is 5.16 Å². The van der Waals surface area contributed by atoms with Gasteiger partial charge in [0.15, 0.2) is 0 Å². The van der Waals surface area contributed by atoms with E-state index < -0.39 is 0 Å². The summed E-state index contributed by atoms with van der Waals surface area (Å²) in [5.74, 6) is 1.93. The Morgan fingerprint density at radius 1 is 1.17 bits per heavy atom. The molecule has 0 radical (unpaired) electrons. The van der Waals surface area contributed by atoms with Gasteiger partial charge in [0, 0.05) is 11.5 Å². The summed E-state index contributed by atoms with van der Waals surface area (Å²) in [4.78, 5) is 4.67. The number of nitrogens with zero attached hydrogens (tertiary/aromatic N) is 1. The molecule has 2 nitrogen and oxygen atoms in total. The van der Waals surface area contributed by atoms with E-state index in [9.17, 15) is 0 Å². The number of rotatable bonds is 5. The maximum Gasteiger partial charge on any atom is 0.106 e. The lowest BCUT2D eigenvalue weighted by molar-refractivity contribution is 0.213. The third kappa shape index (κ3) is 10.2. The quantitative estimate of drug-likeness (QED) is 0.513. The lowest BCUT2D eigenvalue weighted by atomic mass is 10.5. The van der Waals surface area contributed by atoms with Crippen molar-refractivity contribution in [1.82, 2.24) is 0 Å². The molecule has 0 fully saturated rings.